The molecule has 0 fully saturated rings. The van der Waals surface area contributed by atoms with Gasteiger partial charge < -0.3 is 4.52 Å². The lowest BCUT2D eigenvalue weighted by molar-refractivity contribution is 0.435. The second kappa shape index (κ2) is 5.61. The molecule has 1 heterocycles. The van der Waals surface area contributed by atoms with Crippen LogP contribution >= 0.6 is 0 Å². The van der Waals surface area contributed by atoms with E-state index in [2.05, 4.69) is 9.88 Å². The van der Waals surface area contributed by atoms with Crippen molar-refractivity contribution in [2.45, 2.75) is 4.90 Å². The molecule has 0 radical (unpaired) electrons. The summed E-state index contributed by atoms with van der Waals surface area (Å²) in [4.78, 5) is -0.184. The highest BCUT2D eigenvalue weighted by atomic mass is 32.2. The molecule has 0 amide bonds. The minimum atomic E-state index is -3.92. The Morgan fingerprint density at radius 3 is 2.50 bits per heavy atom. The third-order valence-electron chi connectivity index (χ3n) is 2.91. The van der Waals surface area contributed by atoms with Crippen LogP contribution in [0.1, 0.15) is 0 Å². The van der Waals surface area contributed by atoms with Gasteiger partial charge in [0.05, 0.1) is 4.90 Å². The van der Waals surface area contributed by atoms with Crippen LogP contribution in [0.4, 0.5) is 10.2 Å². The van der Waals surface area contributed by atoms with Crippen molar-refractivity contribution >= 4 is 15.8 Å². The highest BCUT2D eigenvalue weighted by molar-refractivity contribution is 7.92. The van der Waals surface area contributed by atoms with Crippen LogP contribution in [0.15, 0.2) is 70.1 Å². The summed E-state index contributed by atoms with van der Waals surface area (Å²) >= 11 is 0. The third-order valence-corrected chi connectivity index (χ3v) is 4.27. The maximum absolute atomic E-state index is 13.1. The number of rotatable bonds is 4. The highest BCUT2D eigenvalue weighted by Crippen LogP contribution is 2.23. The Bertz CT molecular complexity index is 892. The van der Waals surface area contributed by atoms with Gasteiger partial charge in [0.1, 0.15) is 5.82 Å². The Labute approximate surface area is 126 Å². The number of halogens is 1. The number of benzene rings is 2. The average Bonchev–Trinajstić information content (AvgIpc) is 2.96. The molecule has 2 aromatic carbocycles. The van der Waals surface area contributed by atoms with Crippen LogP contribution in [-0.4, -0.2) is 13.6 Å². The molecule has 0 bridgehead atoms. The van der Waals surface area contributed by atoms with Crippen molar-refractivity contribution < 1.29 is 17.3 Å². The zero-order chi connectivity index (χ0) is 15.6. The number of hydrogen-bond donors (Lipinski definition) is 1. The molecule has 5 nitrogen and oxygen atoms in total. The van der Waals surface area contributed by atoms with E-state index in [4.69, 9.17) is 4.52 Å². The van der Waals surface area contributed by atoms with Crippen LogP contribution in [0.2, 0.25) is 0 Å². The summed E-state index contributed by atoms with van der Waals surface area (Å²) in [7, 11) is -3.92. The van der Waals surface area contributed by atoms with Crippen LogP contribution in [0.25, 0.3) is 11.3 Å². The fourth-order valence-corrected chi connectivity index (χ4v) is 2.91. The van der Waals surface area contributed by atoms with Gasteiger partial charge in [-0.05, 0) is 18.2 Å². The van der Waals surface area contributed by atoms with Crippen molar-refractivity contribution in [2.24, 2.45) is 0 Å². The van der Waals surface area contributed by atoms with Gasteiger partial charge in [0.25, 0.3) is 10.0 Å². The number of nitrogens with zero attached hydrogens (tertiary/aromatic N) is 1. The molecular formula is C15H11FN2O3S. The van der Waals surface area contributed by atoms with Gasteiger partial charge in [-0.15, -0.1) is 0 Å². The van der Waals surface area contributed by atoms with Gasteiger partial charge in [0.15, 0.2) is 11.6 Å². The number of anilines is 1. The van der Waals surface area contributed by atoms with E-state index in [1.54, 1.807) is 0 Å². The number of hydrogen-bond acceptors (Lipinski definition) is 4. The van der Waals surface area contributed by atoms with E-state index in [1.165, 1.54) is 24.3 Å². The predicted molar refractivity (Wildman–Crippen MR) is 79.1 cm³/mol. The zero-order valence-electron chi connectivity index (χ0n) is 11.2. The number of aromatic nitrogens is 1. The third kappa shape index (κ3) is 2.99. The molecule has 1 aromatic heterocycles. The second-order valence-electron chi connectivity index (χ2n) is 4.51. The quantitative estimate of drug-likeness (QED) is 0.801. The van der Waals surface area contributed by atoms with E-state index in [-0.39, 0.29) is 10.7 Å². The molecule has 3 rings (SSSR count). The van der Waals surface area contributed by atoms with Gasteiger partial charge in [0, 0.05) is 11.6 Å². The van der Waals surface area contributed by atoms with E-state index < -0.39 is 15.8 Å². The van der Waals surface area contributed by atoms with E-state index in [0.717, 1.165) is 11.6 Å². The monoisotopic (exact) mass is 318 g/mol. The lowest BCUT2D eigenvalue weighted by Crippen LogP contribution is -2.13. The lowest BCUT2D eigenvalue weighted by Gasteiger charge is -2.04. The molecule has 0 unspecified atom stereocenters. The van der Waals surface area contributed by atoms with Crippen molar-refractivity contribution in [2.75, 3.05) is 4.72 Å². The lowest BCUT2D eigenvalue weighted by atomic mass is 10.2. The maximum atomic E-state index is 13.1. The molecule has 0 aliphatic heterocycles. The first-order chi connectivity index (χ1) is 10.5. The van der Waals surface area contributed by atoms with Crippen LogP contribution < -0.4 is 4.72 Å². The molecule has 0 aliphatic carbocycles. The summed E-state index contributed by atoms with van der Waals surface area (Å²) in [5.74, 6) is -0.173. The van der Waals surface area contributed by atoms with Gasteiger partial charge in [0.2, 0.25) is 0 Å². The van der Waals surface area contributed by atoms with E-state index in [9.17, 15) is 12.8 Å². The topological polar surface area (TPSA) is 72.2 Å². The van der Waals surface area contributed by atoms with Gasteiger partial charge in [-0.2, -0.15) is 0 Å². The molecule has 112 valence electrons. The van der Waals surface area contributed by atoms with Crippen molar-refractivity contribution in [1.29, 1.82) is 0 Å². The number of sulfonamides is 1. The Balaban J connectivity index is 1.86. The first kappa shape index (κ1) is 14.3. The first-order valence-corrected chi connectivity index (χ1v) is 7.83. The van der Waals surface area contributed by atoms with Gasteiger partial charge in [-0.3, -0.25) is 4.72 Å². The smallest absolute Gasteiger partial charge is 0.263 e. The van der Waals surface area contributed by atoms with Crippen LogP contribution in [0.5, 0.6) is 0 Å². The molecule has 0 atom stereocenters. The summed E-state index contributed by atoms with van der Waals surface area (Å²) in [6.07, 6.45) is 0. The minimum Gasteiger partial charge on any atom is -0.354 e. The fourth-order valence-electron chi connectivity index (χ4n) is 1.89. The van der Waals surface area contributed by atoms with E-state index in [1.807, 2.05) is 30.3 Å². The summed E-state index contributed by atoms with van der Waals surface area (Å²) < 4.78 is 44.8. The van der Waals surface area contributed by atoms with Crippen molar-refractivity contribution in [1.82, 2.24) is 5.16 Å². The van der Waals surface area contributed by atoms with Gasteiger partial charge in [-0.1, -0.05) is 41.6 Å². The highest BCUT2D eigenvalue weighted by Gasteiger charge is 2.17. The van der Waals surface area contributed by atoms with Crippen LogP contribution in [-0.2, 0) is 10.0 Å². The molecular weight excluding hydrogens is 307 g/mol. The maximum Gasteiger partial charge on any atom is 0.263 e. The zero-order valence-corrected chi connectivity index (χ0v) is 12.0. The summed E-state index contributed by atoms with van der Waals surface area (Å²) in [6, 6.07) is 15.3. The van der Waals surface area contributed by atoms with E-state index >= 15 is 0 Å². The molecule has 1 N–H and O–H groups in total. The molecule has 22 heavy (non-hydrogen) atoms. The Hall–Kier alpha value is -2.67. The minimum absolute atomic E-state index is 0.0307. The van der Waals surface area contributed by atoms with Crippen LogP contribution in [0, 0.1) is 5.82 Å². The largest absolute Gasteiger partial charge is 0.354 e. The normalized spacial score (nSPS) is 11.3. The van der Waals surface area contributed by atoms with Gasteiger partial charge >= 0.3 is 0 Å². The fraction of sp³-hybridized carbons (Fsp3) is 0. The Morgan fingerprint density at radius 1 is 1.00 bits per heavy atom. The van der Waals surface area contributed by atoms with Crippen molar-refractivity contribution in [3.63, 3.8) is 0 Å². The van der Waals surface area contributed by atoms with E-state index in [0.29, 0.717) is 5.76 Å². The molecule has 0 aliphatic rings. The number of nitrogens with one attached hydrogen (secondary N) is 1. The van der Waals surface area contributed by atoms with Crippen LogP contribution in [0.3, 0.4) is 0 Å². The predicted octanol–water partition coefficient (Wildman–Crippen LogP) is 3.28. The summed E-state index contributed by atoms with van der Waals surface area (Å²) in [5.41, 5.74) is 0.770. The molecule has 0 spiro atoms. The average molecular weight is 318 g/mol. The Morgan fingerprint density at radius 2 is 1.77 bits per heavy atom. The first-order valence-electron chi connectivity index (χ1n) is 6.35. The molecule has 7 heteroatoms. The second-order valence-corrected chi connectivity index (χ2v) is 6.19. The van der Waals surface area contributed by atoms with Crippen molar-refractivity contribution in [3.8, 4) is 11.3 Å². The van der Waals surface area contributed by atoms with Gasteiger partial charge in [-0.25, -0.2) is 12.8 Å². The molecule has 0 saturated heterocycles. The van der Waals surface area contributed by atoms with Crippen molar-refractivity contribution in [3.05, 3.63) is 66.5 Å². The molecule has 0 saturated carbocycles. The molecule has 3 aromatic rings. The Kier molecular flexibility index (Phi) is 3.64. The SMILES string of the molecule is O=S(=O)(Nc1cc(-c2ccccc2)on1)c1cccc(F)c1. The summed E-state index contributed by atoms with van der Waals surface area (Å²) in [5, 5.41) is 3.67. The standard InChI is InChI=1S/C15H11FN2O3S/c16-12-7-4-8-13(9-12)22(19,20)18-15-10-14(21-17-15)11-5-2-1-3-6-11/h1-10H,(H,17,18). The summed E-state index contributed by atoms with van der Waals surface area (Å²) in [6.45, 7) is 0.